The van der Waals surface area contributed by atoms with Crippen molar-refractivity contribution in [3.63, 3.8) is 0 Å². The van der Waals surface area contributed by atoms with Gasteiger partial charge in [-0.3, -0.25) is 0 Å². The second kappa shape index (κ2) is 11.8. The second-order valence-electron chi connectivity index (χ2n) is 13.9. The third-order valence-corrected chi connectivity index (χ3v) is 11.1. The van der Waals surface area contributed by atoms with Gasteiger partial charge in [-0.25, -0.2) is 9.69 Å². The lowest BCUT2D eigenvalue weighted by atomic mass is 10.0. The summed E-state index contributed by atoms with van der Waals surface area (Å²) < 4.78 is 7.02. The highest BCUT2D eigenvalue weighted by Gasteiger charge is 2.21. The van der Waals surface area contributed by atoms with Crippen LogP contribution in [0.3, 0.4) is 0 Å². The minimum absolute atomic E-state index is 0.561. The molecule has 0 amide bonds. The van der Waals surface area contributed by atoms with Gasteiger partial charge in [0.15, 0.2) is 11.4 Å². The Kier molecular flexibility index (Phi) is 6.61. The monoisotopic (exact) mass is 699 g/mol. The smallest absolute Gasteiger partial charge is 0.189 e. The zero-order chi connectivity index (χ0) is 36.6. The van der Waals surface area contributed by atoms with Crippen LogP contribution in [0, 0.1) is 13.1 Å². The minimum Gasteiger partial charge on any atom is -0.311 e. The summed E-state index contributed by atoms with van der Waals surface area (Å²) in [4.78, 5) is 7.58. The van der Waals surface area contributed by atoms with Crippen molar-refractivity contribution in [1.82, 2.24) is 13.7 Å². The van der Waals surface area contributed by atoms with E-state index in [1.807, 2.05) is 42.5 Å². The van der Waals surface area contributed by atoms with Gasteiger partial charge < -0.3 is 13.7 Å². The molecule has 11 aromatic rings. The maximum atomic E-state index is 7.90. The van der Waals surface area contributed by atoms with Crippen LogP contribution < -0.4 is 0 Å². The number of aromatic nitrogens is 3. The van der Waals surface area contributed by atoms with Gasteiger partial charge in [0, 0.05) is 54.8 Å². The predicted molar refractivity (Wildman–Crippen MR) is 227 cm³/mol. The first-order chi connectivity index (χ1) is 27.2. The van der Waals surface area contributed by atoms with E-state index in [2.05, 4.69) is 157 Å². The highest BCUT2D eigenvalue weighted by atomic mass is 15.1. The molecule has 11 rings (SSSR count). The fourth-order valence-corrected chi connectivity index (χ4v) is 8.73. The molecule has 0 fully saturated rings. The molecule has 0 saturated heterocycles. The number of nitrogens with zero attached hydrogens (tertiary/aromatic N) is 5. The largest absolute Gasteiger partial charge is 0.311 e. The van der Waals surface area contributed by atoms with Crippen LogP contribution in [-0.2, 0) is 0 Å². The van der Waals surface area contributed by atoms with Gasteiger partial charge in [-0.2, -0.15) is 0 Å². The summed E-state index contributed by atoms with van der Waals surface area (Å²) in [5.41, 5.74) is 12.9. The Balaban J connectivity index is 1.15. The first-order valence-electron chi connectivity index (χ1n) is 18.3. The molecule has 8 aromatic carbocycles. The lowest BCUT2D eigenvalue weighted by Crippen LogP contribution is -2.01. The highest BCUT2D eigenvalue weighted by Crippen LogP contribution is 2.42. The lowest BCUT2D eigenvalue weighted by molar-refractivity contribution is 1.13. The standard InChI is InChI=1S/C50H29N5/c1-51-33-24-28-36(48(30-33)55-46-20-10-5-14-39(46)41-29-25-34(52-2)31-49(41)55)32-22-26-35(27-23-32)53-43-17-7-6-15-40(43)42-16-11-21-47(50(42)53)54-44-18-8-3-12-37(44)38-13-4-9-19-45(38)54/h3-31H. The minimum atomic E-state index is 0.561. The molecule has 0 N–H and O–H groups in total. The Morgan fingerprint density at radius 3 is 1.42 bits per heavy atom. The average Bonchev–Trinajstić information content (AvgIpc) is 3.89. The Morgan fingerprint density at radius 2 is 0.818 bits per heavy atom. The van der Waals surface area contributed by atoms with E-state index in [1.54, 1.807) is 0 Å². The maximum absolute atomic E-state index is 7.90. The fourth-order valence-electron chi connectivity index (χ4n) is 8.73. The molecular weight excluding hydrogens is 671 g/mol. The van der Waals surface area contributed by atoms with Crippen molar-refractivity contribution >= 4 is 76.8 Å². The van der Waals surface area contributed by atoms with E-state index in [1.165, 1.54) is 32.6 Å². The molecule has 0 atom stereocenters. The molecule has 254 valence electrons. The summed E-state index contributed by atoms with van der Waals surface area (Å²) in [5.74, 6) is 0. The summed E-state index contributed by atoms with van der Waals surface area (Å²) in [5, 5.41) is 7.04. The number of para-hydroxylation sites is 5. The third kappa shape index (κ3) is 4.45. The van der Waals surface area contributed by atoms with Gasteiger partial charge in [0.2, 0.25) is 0 Å². The molecule has 5 nitrogen and oxygen atoms in total. The Labute approximate surface area is 316 Å². The van der Waals surface area contributed by atoms with Crippen molar-refractivity contribution < 1.29 is 0 Å². The van der Waals surface area contributed by atoms with E-state index < -0.39 is 0 Å². The summed E-state index contributed by atoms with van der Waals surface area (Å²) in [6.45, 7) is 15.6. The van der Waals surface area contributed by atoms with Crippen molar-refractivity contribution in [2.24, 2.45) is 0 Å². The number of benzene rings is 8. The highest BCUT2D eigenvalue weighted by molar-refractivity contribution is 6.15. The SMILES string of the molecule is [C-]#[N+]c1ccc(-c2ccc(-n3c4ccccc4c4cccc(-n5c6ccccc6c6ccccc65)c43)cc2)c(-n2c3ccccc3c3ccc([N+]#[C-])cc32)c1. The Bertz CT molecular complexity index is 3400. The molecule has 0 radical (unpaired) electrons. The van der Waals surface area contributed by atoms with Crippen LogP contribution in [-0.4, -0.2) is 13.7 Å². The summed E-state index contributed by atoms with van der Waals surface area (Å²) in [6.07, 6.45) is 0. The molecule has 0 unspecified atom stereocenters. The first kappa shape index (κ1) is 30.7. The average molecular weight is 700 g/mol. The first-order valence-corrected chi connectivity index (χ1v) is 18.3. The van der Waals surface area contributed by atoms with E-state index >= 15 is 0 Å². The summed E-state index contributed by atoms with van der Waals surface area (Å²) >= 11 is 0. The molecule has 0 aliphatic rings. The van der Waals surface area contributed by atoms with Crippen molar-refractivity contribution in [2.45, 2.75) is 0 Å². The van der Waals surface area contributed by atoms with Gasteiger partial charge >= 0.3 is 0 Å². The van der Waals surface area contributed by atoms with Crippen LogP contribution in [0.2, 0.25) is 0 Å². The number of rotatable bonds is 4. The third-order valence-electron chi connectivity index (χ3n) is 11.1. The van der Waals surface area contributed by atoms with Gasteiger partial charge in [0.25, 0.3) is 0 Å². The molecule has 0 bridgehead atoms. The van der Waals surface area contributed by atoms with Crippen molar-refractivity contribution in [3.05, 3.63) is 199 Å². The molecule has 3 aromatic heterocycles. The normalized spacial score (nSPS) is 11.6. The van der Waals surface area contributed by atoms with Gasteiger partial charge in [0.05, 0.1) is 46.4 Å². The Hall–Kier alpha value is -7.86. The zero-order valence-electron chi connectivity index (χ0n) is 29.5. The molecule has 0 spiro atoms. The molecule has 5 heteroatoms. The van der Waals surface area contributed by atoms with E-state index in [-0.39, 0.29) is 0 Å². The molecular formula is C50H29N5. The van der Waals surface area contributed by atoms with Crippen molar-refractivity contribution in [3.8, 4) is 28.2 Å². The zero-order valence-corrected chi connectivity index (χ0v) is 29.5. The number of hydrogen-bond acceptors (Lipinski definition) is 0. The van der Waals surface area contributed by atoms with Crippen molar-refractivity contribution in [1.29, 1.82) is 0 Å². The summed E-state index contributed by atoms with van der Waals surface area (Å²) in [6, 6.07) is 61.5. The van der Waals surface area contributed by atoms with Crippen LogP contribution >= 0.6 is 0 Å². The van der Waals surface area contributed by atoms with Crippen LogP contribution in [0.5, 0.6) is 0 Å². The topological polar surface area (TPSA) is 23.5 Å². The van der Waals surface area contributed by atoms with Crippen molar-refractivity contribution in [2.75, 3.05) is 0 Å². The van der Waals surface area contributed by atoms with E-state index in [0.717, 1.165) is 61.0 Å². The van der Waals surface area contributed by atoms with Crippen LogP contribution in [0.4, 0.5) is 11.4 Å². The maximum Gasteiger partial charge on any atom is 0.189 e. The summed E-state index contributed by atoms with van der Waals surface area (Å²) in [7, 11) is 0. The molecule has 0 saturated carbocycles. The second-order valence-corrected chi connectivity index (χ2v) is 13.9. The molecule has 0 aliphatic heterocycles. The predicted octanol–water partition coefficient (Wildman–Crippen LogP) is 13.7. The molecule has 3 heterocycles. The molecule has 0 aliphatic carbocycles. The van der Waals surface area contributed by atoms with Gasteiger partial charge in [-0.15, -0.1) is 0 Å². The number of fused-ring (bicyclic) bond motifs is 9. The van der Waals surface area contributed by atoms with Gasteiger partial charge in [-0.1, -0.05) is 121 Å². The van der Waals surface area contributed by atoms with Crippen LogP contribution in [0.25, 0.3) is 103 Å². The van der Waals surface area contributed by atoms with E-state index in [9.17, 15) is 0 Å². The van der Waals surface area contributed by atoms with Gasteiger partial charge in [-0.05, 0) is 60.2 Å². The lowest BCUT2D eigenvalue weighted by Gasteiger charge is -2.17. The van der Waals surface area contributed by atoms with Gasteiger partial charge in [0.1, 0.15) is 0 Å². The van der Waals surface area contributed by atoms with Crippen LogP contribution in [0.15, 0.2) is 176 Å². The van der Waals surface area contributed by atoms with Crippen LogP contribution in [0.1, 0.15) is 0 Å². The fraction of sp³-hybridized carbons (Fsp3) is 0. The van der Waals surface area contributed by atoms with E-state index in [0.29, 0.717) is 11.4 Å². The quantitative estimate of drug-likeness (QED) is 0.163. The van der Waals surface area contributed by atoms with E-state index in [4.69, 9.17) is 13.1 Å². The molecule has 55 heavy (non-hydrogen) atoms. The Morgan fingerprint density at radius 1 is 0.345 bits per heavy atom. The number of hydrogen-bond donors (Lipinski definition) is 0.